The first-order chi connectivity index (χ1) is 6.53. The molecule has 1 amide bonds. The van der Waals surface area contributed by atoms with Crippen LogP contribution in [0.5, 0.6) is 0 Å². The van der Waals surface area contributed by atoms with Crippen LogP contribution in [0.25, 0.3) is 0 Å². The molecule has 1 aliphatic carbocycles. The van der Waals surface area contributed by atoms with Crippen LogP contribution in [0, 0.1) is 0 Å². The maximum absolute atomic E-state index is 11.1. The zero-order valence-corrected chi connectivity index (χ0v) is 8.68. The number of hydrogen-bond acceptors (Lipinski definition) is 4. The minimum Gasteiger partial charge on any atom is -0.356 e. The predicted molar refractivity (Wildman–Crippen MR) is 49.9 cm³/mol. The van der Waals surface area contributed by atoms with Gasteiger partial charge in [-0.3, -0.25) is 10.1 Å². The molecular formula is C7H10Cl2N2O3. The minimum absolute atomic E-state index is 0.111. The monoisotopic (exact) mass is 240 g/mol. The molecule has 0 aromatic rings. The smallest absolute Gasteiger partial charge is 0.253 e. The van der Waals surface area contributed by atoms with Gasteiger partial charge < -0.3 is 15.2 Å². The van der Waals surface area contributed by atoms with Gasteiger partial charge in [0.25, 0.3) is 5.91 Å². The van der Waals surface area contributed by atoms with E-state index in [0.717, 1.165) is 0 Å². The van der Waals surface area contributed by atoms with E-state index >= 15 is 0 Å². The standard InChI is InChI=1S/C7H10Cl2N2O3/c8-4(9)5(12)11-3-1-7(3)2-10-6(13)14-7/h3-4,6,10,13H,1-2H2,(H,11,12)/t3?,6?,7-/m0/s1. The second-order valence-corrected chi connectivity index (χ2v) is 4.58. The Kier molecular flexibility index (Phi) is 2.61. The predicted octanol–water partition coefficient (Wildman–Crippen LogP) is -0.687. The van der Waals surface area contributed by atoms with Gasteiger partial charge in [0.2, 0.25) is 6.41 Å². The first-order valence-electron chi connectivity index (χ1n) is 4.21. The van der Waals surface area contributed by atoms with E-state index in [0.29, 0.717) is 13.0 Å². The number of carbonyl (C=O) groups excluding carboxylic acids is 1. The van der Waals surface area contributed by atoms with E-state index in [9.17, 15) is 4.79 Å². The second-order valence-electron chi connectivity index (χ2n) is 3.48. The summed E-state index contributed by atoms with van der Waals surface area (Å²) >= 11 is 10.7. The lowest BCUT2D eigenvalue weighted by Gasteiger charge is -2.10. The molecule has 5 nitrogen and oxygen atoms in total. The van der Waals surface area contributed by atoms with E-state index in [2.05, 4.69) is 10.6 Å². The molecule has 0 aromatic carbocycles. The average molecular weight is 241 g/mol. The first-order valence-corrected chi connectivity index (χ1v) is 5.09. The van der Waals surface area contributed by atoms with E-state index < -0.39 is 22.8 Å². The number of alkyl halides is 2. The molecule has 1 spiro atoms. The van der Waals surface area contributed by atoms with Crippen molar-refractivity contribution in [3.63, 3.8) is 0 Å². The third-order valence-corrected chi connectivity index (χ3v) is 2.86. The minimum atomic E-state index is -1.06. The Morgan fingerprint density at radius 1 is 1.71 bits per heavy atom. The van der Waals surface area contributed by atoms with Crippen molar-refractivity contribution < 1.29 is 14.6 Å². The third-order valence-electron chi connectivity index (χ3n) is 2.46. The fraction of sp³-hybridized carbons (Fsp3) is 0.857. The van der Waals surface area contributed by atoms with Gasteiger partial charge in [-0.05, 0) is 0 Å². The number of halogens is 2. The van der Waals surface area contributed by atoms with Crippen molar-refractivity contribution in [2.24, 2.45) is 0 Å². The normalized spacial score (nSPS) is 40.6. The van der Waals surface area contributed by atoms with Crippen LogP contribution in [-0.2, 0) is 9.53 Å². The Balaban J connectivity index is 1.84. The van der Waals surface area contributed by atoms with E-state index in [1.165, 1.54) is 0 Å². The summed E-state index contributed by atoms with van der Waals surface area (Å²) in [6.45, 7) is 0.522. The number of rotatable bonds is 2. The lowest BCUT2D eigenvalue weighted by molar-refractivity contribution is -0.123. The first kappa shape index (κ1) is 10.4. The number of amides is 1. The molecule has 1 saturated heterocycles. The van der Waals surface area contributed by atoms with Crippen LogP contribution in [0.3, 0.4) is 0 Å². The maximum Gasteiger partial charge on any atom is 0.253 e. The molecule has 3 atom stereocenters. The summed E-state index contributed by atoms with van der Waals surface area (Å²) < 4.78 is 5.20. The summed E-state index contributed by atoms with van der Waals surface area (Å²) in [5, 5.41) is 14.4. The lowest BCUT2D eigenvalue weighted by Crippen LogP contribution is -2.36. The fourth-order valence-corrected chi connectivity index (χ4v) is 1.72. The van der Waals surface area contributed by atoms with Crippen LogP contribution in [-0.4, -0.2) is 40.5 Å². The highest BCUT2D eigenvalue weighted by atomic mass is 35.5. The summed E-state index contributed by atoms with van der Waals surface area (Å²) in [4.78, 5) is 10.0. The SMILES string of the molecule is O=C(NC1C[C@]12CNC(O)O2)C(Cl)Cl. The summed E-state index contributed by atoms with van der Waals surface area (Å²) in [5.74, 6) is -0.430. The van der Waals surface area contributed by atoms with Crippen LogP contribution < -0.4 is 10.6 Å². The van der Waals surface area contributed by atoms with E-state index in [1.54, 1.807) is 0 Å². The topological polar surface area (TPSA) is 70.6 Å². The number of hydrogen-bond donors (Lipinski definition) is 3. The molecule has 1 saturated carbocycles. The molecule has 14 heavy (non-hydrogen) atoms. The summed E-state index contributed by atoms with van der Waals surface area (Å²) in [5.41, 5.74) is -0.461. The molecule has 0 radical (unpaired) electrons. The summed E-state index contributed by atoms with van der Waals surface area (Å²) in [7, 11) is 0. The average Bonchev–Trinajstić information content (AvgIpc) is 2.60. The highest BCUT2D eigenvalue weighted by Crippen LogP contribution is 2.42. The molecule has 0 bridgehead atoms. The van der Waals surface area contributed by atoms with E-state index in [4.69, 9.17) is 33.0 Å². The van der Waals surface area contributed by atoms with Crippen molar-refractivity contribution in [1.82, 2.24) is 10.6 Å². The molecule has 7 heteroatoms. The quantitative estimate of drug-likeness (QED) is 0.560. The van der Waals surface area contributed by atoms with Gasteiger partial charge >= 0.3 is 0 Å². The van der Waals surface area contributed by atoms with Gasteiger partial charge in [0.05, 0.1) is 6.04 Å². The maximum atomic E-state index is 11.1. The van der Waals surface area contributed by atoms with Crippen molar-refractivity contribution in [1.29, 1.82) is 0 Å². The molecule has 1 aliphatic heterocycles. The summed E-state index contributed by atoms with van der Waals surface area (Å²) in [6.07, 6.45) is -0.275. The molecule has 2 fully saturated rings. The molecule has 2 aliphatic rings. The van der Waals surface area contributed by atoms with Gasteiger partial charge in [-0.15, -0.1) is 0 Å². The van der Waals surface area contributed by atoms with Gasteiger partial charge in [-0.25, -0.2) is 0 Å². The van der Waals surface area contributed by atoms with Crippen LogP contribution in [0.15, 0.2) is 0 Å². The molecule has 2 unspecified atom stereocenters. The third kappa shape index (κ3) is 1.83. The Hall–Kier alpha value is -0.0700. The van der Waals surface area contributed by atoms with Crippen molar-refractivity contribution in [2.75, 3.05) is 6.54 Å². The fourth-order valence-electron chi connectivity index (χ4n) is 1.60. The number of carbonyl (C=O) groups is 1. The Morgan fingerprint density at radius 2 is 2.43 bits per heavy atom. The van der Waals surface area contributed by atoms with Gasteiger partial charge in [0, 0.05) is 13.0 Å². The van der Waals surface area contributed by atoms with Crippen LogP contribution in [0.4, 0.5) is 0 Å². The van der Waals surface area contributed by atoms with Crippen LogP contribution in [0.1, 0.15) is 6.42 Å². The van der Waals surface area contributed by atoms with Gasteiger partial charge in [-0.1, -0.05) is 23.2 Å². The molecule has 3 N–H and O–H groups in total. The van der Waals surface area contributed by atoms with Crippen LogP contribution >= 0.6 is 23.2 Å². The Morgan fingerprint density at radius 3 is 2.93 bits per heavy atom. The molecule has 2 rings (SSSR count). The van der Waals surface area contributed by atoms with Crippen molar-refractivity contribution in [2.45, 2.75) is 29.3 Å². The summed E-state index contributed by atoms with van der Waals surface area (Å²) in [6, 6.07) is -0.111. The van der Waals surface area contributed by atoms with Crippen molar-refractivity contribution in [3.8, 4) is 0 Å². The van der Waals surface area contributed by atoms with Gasteiger partial charge in [0.1, 0.15) is 5.60 Å². The lowest BCUT2D eigenvalue weighted by atomic mass is 10.3. The zero-order valence-electron chi connectivity index (χ0n) is 7.17. The highest BCUT2D eigenvalue weighted by molar-refractivity contribution is 6.53. The molecule has 0 aromatic heterocycles. The molecule has 1 heterocycles. The zero-order chi connectivity index (χ0) is 10.3. The second kappa shape index (κ2) is 3.50. The van der Waals surface area contributed by atoms with Crippen molar-refractivity contribution in [3.05, 3.63) is 0 Å². The number of aliphatic hydroxyl groups excluding tert-OH is 1. The number of aliphatic hydroxyl groups is 1. The van der Waals surface area contributed by atoms with E-state index in [-0.39, 0.29) is 6.04 Å². The Labute approximate surface area is 90.7 Å². The molecular weight excluding hydrogens is 231 g/mol. The van der Waals surface area contributed by atoms with Gasteiger partial charge in [0.15, 0.2) is 4.84 Å². The molecule has 80 valence electrons. The number of nitrogens with one attached hydrogen (secondary N) is 2. The highest BCUT2D eigenvalue weighted by Gasteiger charge is 2.60. The van der Waals surface area contributed by atoms with Crippen LogP contribution in [0.2, 0.25) is 0 Å². The van der Waals surface area contributed by atoms with E-state index in [1.807, 2.05) is 0 Å². The Bertz CT molecular complexity index is 263. The number of ether oxygens (including phenoxy) is 1. The van der Waals surface area contributed by atoms with Gasteiger partial charge in [-0.2, -0.15) is 0 Å². The largest absolute Gasteiger partial charge is 0.356 e. The van der Waals surface area contributed by atoms with Crippen molar-refractivity contribution >= 4 is 29.1 Å².